The van der Waals surface area contributed by atoms with E-state index in [1.165, 1.54) is 0 Å². The van der Waals surface area contributed by atoms with Crippen LogP contribution in [0.4, 0.5) is 0 Å². The Hall–Kier alpha value is -1.10. The Labute approximate surface area is 120 Å². The van der Waals surface area contributed by atoms with E-state index in [1.807, 2.05) is 4.90 Å². The predicted octanol–water partition coefficient (Wildman–Crippen LogP) is 1.89. The molecule has 20 heavy (non-hydrogen) atoms. The lowest BCUT2D eigenvalue weighted by atomic mass is 10.1. The summed E-state index contributed by atoms with van der Waals surface area (Å²) < 4.78 is 10.5. The van der Waals surface area contributed by atoms with E-state index in [-0.39, 0.29) is 18.0 Å². The van der Waals surface area contributed by atoms with Crippen molar-refractivity contribution in [2.24, 2.45) is 0 Å². The summed E-state index contributed by atoms with van der Waals surface area (Å²) in [5.41, 5.74) is 0. The zero-order valence-corrected chi connectivity index (χ0v) is 12.3. The Morgan fingerprint density at radius 2 is 2.05 bits per heavy atom. The van der Waals surface area contributed by atoms with Gasteiger partial charge in [-0.1, -0.05) is 0 Å². The van der Waals surface area contributed by atoms with Crippen LogP contribution in [0.1, 0.15) is 51.9 Å². The van der Waals surface area contributed by atoms with Crippen molar-refractivity contribution in [1.82, 2.24) is 4.90 Å². The van der Waals surface area contributed by atoms with Gasteiger partial charge in [-0.3, -0.25) is 9.59 Å². The van der Waals surface area contributed by atoms with Crippen molar-refractivity contribution in [2.45, 2.75) is 64.0 Å². The normalized spacial score (nSPS) is 21.8. The van der Waals surface area contributed by atoms with Gasteiger partial charge in [0.15, 0.2) is 0 Å². The van der Waals surface area contributed by atoms with Gasteiger partial charge in [-0.25, -0.2) is 0 Å². The van der Waals surface area contributed by atoms with Gasteiger partial charge in [0.25, 0.3) is 0 Å². The van der Waals surface area contributed by atoms with Crippen molar-refractivity contribution in [3.63, 3.8) is 0 Å². The molecule has 0 bridgehead atoms. The van der Waals surface area contributed by atoms with Crippen LogP contribution in [0.2, 0.25) is 0 Å². The van der Waals surface area contributed by atoms with Crippen molar-refractivity contribution >= 4 is 11.9 Å². The Bertz CT molecular complexity index is 335. The fourth-order valence-corrected chi connectivity index (χ4v) is 2.64. The van der Waals surface area contributed by atoms with Gasteiger partial charge in [-0.15, -0.1) is 0 Å². The molecule has 5 heteroatoms. The summed E-state index contributed by atoms with van der Waals surface area (Å²) >= 11 is 0. The SMILES string of the molecule is CCOC(=O)CCN(C(=O)CCC1CCCO1)C1CC1. The van der Waals surface area contributed by atoms with Crippen molar-refractivity contribution in [1.29, 1.82) is 0 Å². The minimum Gasteiger partial charge on any atom is -0.466 e. The van der Waals surface area contributed by atoms with Crippen LogP contribution in [0.15, 0.2) is 0 Å². The number of rotatable bonds is 8. The smallest absolute Gasteiger partial charge is 0.307 e. The minimum absolute atomic E-state index is 0.160. The molecule has 0 radical (unpaired) electrons. The zero-order valence-electron chi connectivity index (χ0n) is 12.3. The van der Waals surface area contributed by atoms with Gasteiger partial charge in [-0.05, 0) is 39.0 Å². The third-order valence-corrected chi connectivity index (χ3v) is 3.87. The molecule has 0 aromatic heterocycles. The van der Waals surface area contributed by atoms with Gasteiger partial charge >= 0.3 is 5.97 Å². The molecule has 2 fully saturated rings. The topological polar surface area (TPSA) is 55.8 Å². The second kappa shape index (κ2) is 7.62. The van der Waals surface area contributed by atoms with E-state index in [1.54, 1.807) is 6.92 Å². The summed E-state index contributed by atoms with van der Waals surface area (Å²) in [6.45, 7) is 3.51. The van der Waals surface area contributed by atoms with E-state index in [4.69, 9.17) is 9.47 Å². The summed E-state index contributed by atoms with van der Waals surface area (Å²) in [6.07, 6.45) is 6.20. The molecular weight excluding hydrogens is 258 g/mol. The van der Waals surface area contributed by atoms with Gasteiger partial charge in [0.05, 0.1) is 19.1 Å². The Morgan fingerprint density at radius 1 is 1.25 bits per heavy atom. The first kappa shape index (κ1) is 15.3. The molecule has 0 aromatic rings. The molecule has 2 aliphatic rings. The lowest BCUT2D eigenvalue weighted by Crippen LogP contribution is -2.35. The highest BCUT2D eigenvalue weighted by molar-refractivity contribution is 5.78. The van der Waals surface area contributed by atoms with Gasteiger partial charge in [0.1, 0.15) is 0 Å². The van der Waals surface area contributed by atoms with Gasteiger partial charge < -0.3 is 14.4 Å². The first-order valence-corrected chi connectivity index (χ1v) is 7.77. The Kier molecular flexibility index (Phi) is 5.83. The van der Waals surface area contributed by atoms with Crippen LogP contribution in [-0.2, 0) is 19.1 Å². The molecule has 114 valence electrons. The van der Waals surface area contributed by atoms with E-state index in [9.17, 15) is 9.59 Å². The monoisotopic (exact) mass is 283 g/mol. The van der Waals surface area contributed by atoms with Gasteiger partial charge in [-0.2, -0.15) is 0 Å². The van der Waals surface area contributed by atoms with Crippen molar-refractivity contribution in [3.8, 4) is 0 Å². The number of hydrogen-bond acceptors (Lipinski definition) is 4. The number of carbonyl (C=O) groups excluding carboxylic acids is 2. The standard InChI is InChI=1S/C15H25NO4/c1-2-19-15(18)9-10-16(12-5-6-12)14(17)8-7-13-4-3-11-20-13/h12-13H,2-11H2,1H3. The van der Waals surface area contributed by atoms with Gasteiger partial charge in [0.2, 0.25) is 5.91 Å². The van der Waals surface area contributed by atoms with Crippen LogP contribution in [0.5, 0.6) is 0 Å². The molecule has 1 unspecified atom stereocenters. The summed E-state index contributed by atoms with van der Waals surface area (Å²) in [5, 5.41) is 0. The molecule has 2 rings (SSSR count). The highest BCUT2D eigenvalue weighted by atomic mass is 16.5. The van der Waals surface area contributed by atoms with Crippen LogP contribution in [0, 0.1) is 0 Å². The fraction of sp³-hybridized carbons (Fsp3) is 0.867. The summed E-state index contributed by atoms with van der Waals surface area (Å²) in [5.74, 6) is -0.0580. The number of nitrogens with zero attached hydrogens (tertiary/aromatic N) is 1. The second-order valence-corrected chi connectivity index (χ2v) is 5.55. The largest absolute Gasteiger partial charge is 0.466 e. The summed E-state index contributed by atoms with van der Waals surface area (Å²) in [4.78, 5) is 25.5. The van der Waals surface area contributed by atoms with E-state index in [2.05, 4.69) is 0 Å². The van der Waals surface area contributed by atoms with Crippen molar-refractivity contribution in [2.75, 3.05) is 19.8 Å². The molecule has 1 atom stereocenters. The fourth-order valence-electron chi connectivity index (χ4n) is 2.64. The number of esters is 1. The molecule has 1 aliphatic carbocycles. The molecule has 1 amide bonds. The highest BCUT2D eigenvalue weighted by Gasteiger charge is 2.32. The maximum absolute atomic E-state index is 12.3. The van der Waals surface area contributed by atoms with Gasteiger partial charge in [0, 0.05) is 25.6 Å². The van der Waals surface area contributed by atoms with Crippen molar-refractivity contribution in [3.05, 3.63) is 0 Å². The molecule has 5 nitrogen and oxygen atoms in total. The second-order valence-electron chi connectivity index (χ2n) is 5.55. The average Bonchev–Trinajstić information content (AvgIpc) is 3.12. The van der Waals surface area contributed by atoms with Crippen LogP contribution < -0.4 is 0 Å². The molecule has 1 heterocycles. The molecule has 0 spiro atoms. The van der Waals surface area contributed by atoms with Crippen molar-refractivity contribution < 1.29 is 19.1 Å². The van der Waals surface area contributed by atoms with Crippen LogP contribution in [-0.4, -0.2) is 48.7 Å². The molecule has 0 aromatic carbocycles. The first-order valence-electron chi connectivity index (χ1n) is 7.77. The van der Waals surface area contributed by atoms with E-state index >= 15 is 0 Å². The lowest BCUT2D eigenvalue weighted by Gasteiger charge is -2.22. The predicted molar refractivity (Wildman–Crippen MR) is 74.2 cm³/mol. The highest BCUT2D eigenvalue weighted by Crippen LogP contribution is 2.28. The Balaban J connectivity index is 1.72. The molecule has 0 N–H and O–H groups in total. The third kappa shape index (κ3) is 4.78. The summed E-state index contributed by atoms with van der Waals surface area (Å²) in [7, 11) is 0. The Morgan fingerprint density at radius 3 is 2.65 bits per heavy atom. The van der Waals surface area contributed by atoms with Crippen LogP contribution in [0.3, 0.4) is 0 Å². The lowest BCUT2D eigenvalue weighted by molar-refractivity contribution is -0.144. The first-order chi connectivity index (χ1) is 9.70. The molecule has 1 saturated heterocycles. The third-order valence-electron chi connectivity index (χ3n) is 3.87. The zero-order chi connectivity index (χ0) is 14.4. The van der Waals surface area contributed by atoms with E-state index in [0.717, 1.165) is 38.7 Å². The number of carbonyl (C=O) groups is 2. The molecule has 1 aliphatic heterocycles. The van der Waals surface area contributed by atoms with E-state index < -0.39 is 0 Å². The maximum Gasteiger partial charge on any atom is 0.307 e. The molecule has 1 saturated carbocycles. The van der Waals surface area contributed by atoms with Crippen LogP contribution >= 0.6 is 0 Å². The summed E-state index contributed by atoms with van der Waals surface area (Å²) in [6, 6.07) is 0.349. The number of ether oxygens (including phenoxy) is 2. The minimum atomic E-state index is -0.218. The quantitative estimate of drug-likeness (QED) is 0.638. The van der Waals surface area contributed by atoms with Crippen LogP contribution in [0.25, 0.3) is 0 Å². The molecular formula is C15H25NO4. The number of hydrogen-bond donors (Lipinski definition) is 0. The average molecular weight is 283 g/mol. The van der Waals surface area contributed by atoms with E-state index in [0.29, 0.717) is 32.0 Å². The number of amides is 1. The maximum atomic E-state index is 12.3.